The molecule has 0 aromatic carbocycles. The van der Waals surface area contributed by atoms with Crippen LogP contribution in [0.5, 0.6) is 0 Å². The molecule has 2 N–H and O–H groups in total. The molecule has 2 atom stereocenters. The van der Waals surface area contributed by atoms with E-state index < -0.39 is 0 Å². The molecule has 3 nitrogen and oxygen atoms in total. The summed E-state index contributed by atoms with van der Waals surface area (Å²) in [5.41, 5.74) is 0. The van der Waals surface area contributed by atoms with Gasteiger partial charge in [0, 0.05) is 19.5 Å². The molecule has 11 heavy (non-hydrogen) atoms. The predicted octanol–water partition coefficient (Wildman–Crippen LogP) is 0.120. The molecule has 1 aliphatic rings. The SMILES string of the molecule is CC(=O)N[C@@H]1CNC[C@@H](C)C1. The summed E-state index contributed by atoms with van der Waals surface area (Å²) in [6, 6.07) is 0.344. The van der Waals surface area contributed by atoms with Gasteiger partial charge in [0.1, 0.15) is 0 Å². The van der Waals surface area contributed by atoms with E-state index in [4.69, 9.17) is 0 Å². The molecule has 1 amide bonds. The molecule has 0 radical (unpaired) electrons. The van der Waals surface area contributed by atoms with Crippen LogP contribution in [0, 0.1) is 5.92 Å². The molecule has 0 bridgehead atoms. The highest BCUT2D eigenvalue weighted by Gasteiger charge is 2.18. The number of nitrogens with one attached hydrogen (secondary N) is 2. The van der Waals surface area contributed by atoms with Gasteiger partial charge in [-0.2, -0.15) is 0 Å². The third kappa shape index (κ3) is 2.89. The van der Waals surface area contributed by atoms with Gasteiger partial charge >= 0.3 is 0 Å². The minimum absolute atomic E-state index is 0.0749. The van der Waals surface area contributed by atoms with Crippen molar-refractivity contribution in [3.8, 4) is 0 Å². The van der Waals surface area contributed by atoms with Gasteiger partial charge in [0.2, 0.25) is 5.91 Å². The van der Waals surface area contributed by atoms with E-state index in [1.54, 1.807) is 6.92 Å². The molecule has 0 spiro atoms. The van der Waals surface area contributed by atoms with Gasteiger partial charge in [0.25, 0.3) is 0 Å². The van der Waals surface area contributed by atoms with Crippen LogP contribution in [0.4, 0.5) is 0 Å². The summed E-state index contributed by atoms with van der Waals surface area (Å²) in [7, 11) is 0. The van der Waals surface area contributed by atoms with E-state index in [1.165, 1.54) is 0 Å². The number of hydrogen-bond donors (Lipinski definition) is 2. The first-order valence-corrected chi connectivity index (χ1v) is 4.16. The van der Waals surface area contributed by atoms with E-state index in [1.807, 2.05) is 0 Å². The molecular formula is C8H16N2O. The van der Waals surface area contributed by atoms with Crippen LogP contribution in [0.3, 0.4) is 0 Å². The highest BCUT2D eigenvalue weighted by molar-refractivity contribution is 5.73. The minimum atomic E-state index is 0.0749. The van der Waals surface area contributed by atoms with E-state index >= 15 is 0 Å². The average Bonchev–Trinajstić information content (AvgIpc) is 1.85. The first kappa shape index (κ1) is 8.53. The second kappa shape index (κ2) is 3.72. The van der Waals surface area contributed by atoms with Gasteiger partial charge in [-0.3, -0.25) is 4.79 Å². The largest absolute Gasteiger partial charge is 0.352 e. The van der Waals surface area contributed by atoms with Gasteiger partial charge in [0.05, 0.1) is 0 Å². The van der Waals surface area contributed by atoms with Crippen molar-refractivity contribution in [2.24, 2.45) is 5.92 Å². The molecule has 3 heteroatoms. The summed E-state index contributed by atoms with van der Waals surface area (Å²) in [6.45, 7) is 5.76. The highest BCUT2D eigenvalue weighted by atomic mass is 16.1. The Morgan fingerprint density at radius 3 is 2.82 bits per heavy atom. The van der Waals surface area contributed by atoms with Crippen molar-refractivity contribution in [2.75, 3.05) is 13.1 Å². The third-order valence-electron chi connectivity index (χ3n) is 1.98. The molecular weight excluding hydrogens is 140 g/mol. The lowest BCUT2D eigenvalue weighted by molar-refractivity contribution is -0.119. The van der Waals surface area contributed by atoms with E-state index in [0.29, 0.717) is 12.0 Å². The number of rotatable bonds is 1. The summed E-state index contributed by atoms with van der Waals surface area (Å²) in [6.07, 6.45) is 1.10. The van der Waals surface area contributed by atoms with Gasteiger partial charge in [-0.25, -0.2) is 0 Å². The second-order valence-corrected chi connectivity index (χ2v) is 3.40. The fourth-order valence-corrected chi connectivity index (χ4v) is 1.55. The number of piperidine rings is 1. The number of amides is 1. The molecule has 1 aliphatic heterocycles. The maximum absolute atomic E-state index is 10.7. The van der Waals surface area contributed by atoms with Crippen molar-refractivity contribution in [3.05, 3.63) is 0 Å². The molecule has 64 valence electrons. The van der Waals surface area contributed by atoms with Crippen LogP contribution < -0.4 is 10.6 Å². The maximum atomic E-state index is 10.7. The molecule has 0 unspecified atom stereocenters. The Hall–Kier alpha value is -0.570. The van der Waals surface area contributed by atoms with Crippen molar-refractivity contribution in [1.82, 2.24) is 10.6 Å². The molecule has 1 fully saturated rings. The monoisotopic (exact) mass is 156 g/mol. The Morgan fingerprint density at radius 1 is 1.55 bits per heavy atom. The summed E-state index contributed by atoms with van der Waals surface area (Å²) >= 11 is 0. The van der Waals surface area contributed by atoms with Gasteiger partial charge in [-0.1, -0.05) is 6.92 Å². The Kier molecular flexibility index (Phi) is 2.88. The smallest absolute Gasteiger partial charge is 0.217 e. The third-order valence-corrected chi connectivity index (χ3v) is 1.98. The summed E-state index contributed by atoms with van der Waals surface area (Å²) in [5.74, 6) is 0.756. The van der Waals surface area contributed by atoms with Crippen molar-refractivity contribution in [3.63, 3.8) is 0 Å². The van der Waals surface area contributed by atoms with Crippen LogP contribution in [0.25, 0.3) is 0 Å². The number of hydrogen-bond acceptors (Lipinski definition) is 2. The van der Waals surface area contributed by atoms with Crippen LogP contribution in [-0.2, 0) is 4.79 Å². The zero-order valence-corrected chi connectivity index (χ0v) is 7.18. The Morgan fingerprint density at radius 2 is 2.27 bits per heavy atom. The molecule has 0 aliphatic carbocycles. The summed E-state index contributed by atoms with van der Waals surface area (Å²) in [4.78, 5) is 10.7. The Labute approximate surface area is 67.5 Å². The minimum Gasteiger partial charge on any atom is -0.352 e. The van der Waals surface area contributed by atoms with E-state index in [0.717, 1.165) is 19.5 Å². The average molecular weight is 156 g/mol. The standard InChI is InChI=1S/C8H16N2O/c1-6-3-8(5-9-4-6)10-7(2)11/h6,8-9H,3-5H2,1-2H3,(H,10,11)/t6-,8-/m0/s1. The van der Waals surface area contributed by atoms with Crippen LogP contribution >= 0.6 is 0 Å². The fourth-order valence-electron chi connectivity index (χ4n) is 1.55. The highest BCUT2D eigenvalue weighted by Crippen LogP contribution is 2.08. The number of carbonyl (C=O) groups excluding carboxylic acids is 1. The van der Waals surface area contributed by atoms with E-state index in [-0.39, 0.29) is 5.91 Å². The molecule has 1 heterocycles. The lowest BCUT2D eigenvalue weighted by atomic mass is 9.98. The van der Waals surface area contributed by atoms with Gasteiger partial charge in [-0.05, 0) is 18.9 Å². The van der Waals surface area contributed by atoms with Crippen LogP contribution in [-0.4, -0.2) is 25.0 Å². The second-order valence-electron chi connectivity index (χ2n) is 3.40. The fraction of sp³-hybridized carbons (Fsp3) is 0.875. The zero-order chi connectivity index (χ0) is 8.27. The summed E-state index contributed by atoms with van der Waals surface area (Å²) in [5, 5.41) is 6.19. The van der Waals surface area contributed by atoms with E-state index in [9.17, 15) is 4.79 Å². The zero-order valence-electron chi connectivity index (χ0n) is 7.18. The van der Waals surface area contributed by atoms with Crippen LogP contribution in [0.15, 0.2) is 0 Å². The van der Waals surface area contributed by atoms with Crippen molar-refractivity contribution < 1.29 is 4.79 Å². The quantitative estimate of drug-likeness (QED) is 0.566. The Bertz CT molecular complexity index is 147. The first-order valence-electron chi connectivity index (χ1n) is 4.16. The van der Waals surface area contributed by atoms with Crippen LogP contribution in [0.2, 0.25) is 0 Å². The lowest BCUT2D eigenvalue weighted by Crippen LogP contribution is -2.47. The van der Waals surface area contributed by atoms with Gasteiger partial charge < -0.3 is 10.6 Å². The Balaban J connectivity index is 2.28. The van der Waals surface area contributed by atoms with Crippen molar-refractivity contribution in [2.45, 2.75) is 26.3 Å². The predicted molar refractivity (Wildman–Crippen MR) is 44.3 cm³/mol. The van der Waals surface area contributed by atoms with Crippen molar-refractivity contribution in [1.29, 1.82) is 0 Å². The lowest BCUT2D eigenvalue weighted by Gasteiger charge is -2.27. The normalized spacial score (nSPS) is 31.5. The van der Waals surface area contributed by atoms with E-state index in [2.05, 4.69) is 17.6 Å². The van der Waals surface area contributed by atoms with Gasteiger partial charge in [-0.15, -0.1) is 0 Å². The maximum Gasteiger partial charge on any atom is 0.217 e. The molecule has 1 rings (SSSR count). The summed E-state index contributed by atoms with van der Waals surface area (Å²) < 4.78 is 0. The molecule has 1 saturated heterocycles. The topological polar surface area (TPSA) is 41.1 Å². The van der Waals surface area contributed by atoms with Crippen LogP contribution in [0.1, 0.15) is 20.3 Å². The first-order chi connectivity index (χ1) is 5.18. The molecule has 0 saturated carbocycles. The number of carbonyl (C=O) groups is 1. The molecule has 0 aromatic heterocycles. The van der Waals surface area contributed by atoms with Crippen molar-refractivity contribution >= 4 is 5.91 Å². The van der Waals surface area contributed by atoms with Gasteiger partial charge in [0.15, 0.2) is 0 Å². The molecule has 0 aromatic rings.